The van der Waals surface area contributed by atoms with Crippen molar-refractivity contribution in [1.82, 2.24) is 0 Å². The molecule has 0 bridgehead atoms. The van der Waals surface area contributed by atoms with E-state index in [9.17, 15) is 0 Å². The van der Waals surface area contributed by atoms with Gasteiger partial charge in [0.2, 0.25) is 0 Å². The standard InChI is InChI=1S/C58H47BN2O/c1-35-17-12-13-22-39(35)36-31-43-40-23-16-25-45-54(40)61(50-26-15-14-24-44(50)58(45,37-18-8-6-9-19-37)38-20-10-7-11-21-38)59-52(43)49(32-36)60-48-28-27-41-42-33-46-47(34-51(42)62-55(41)53(48)59)57(4,5)30-29-56(46,2)3/h6-28,31-34,60H,29-30H2,1-5H3. The van der Waals surface area contributed by atoms with Crippen molar-refractivity contribution >= 4 is 62.5 Å². The zero-order valence-electron chi connectivity index (χ0n) is 35.9. The van der Waals surface area contributed by atoms with Crippen LogP contribution in [-0.4, -0.2) is 6.85 Å². The number of fused-ring (bicyclic) bond motifs is 11. The van der Waals surface area contributed by atoms with E-state index in [1.807, 2.05) is 0 Å². The Morgan fingerprint density at radius 2 is 1.18 bits per heavy atom. The van der Waals surface area contributed by atoms with E-state index < -0.39 is 5.41 Å². The molecule has 13 rings (SSSR count). The molecule has 0 fully saturated rings. The molecule has 62 heavy (non-hydrogen) atoms. The Morgan fingerprint density at radius 1 is 0.532 bits per heavy atom. The van der Waals surface area contributed by atoms with Crippen LogP contribution in [0.1, 0.15) is 79.5 Å². The van der Waals surface area contributed by atoms with Gasteiger partial charge < -0.3 is 14.5 Å². The van der Waals surface area contributed by atoms with Crippen LogP contribution >= 0.6 is 0 Å². The molecule has 8 aromatic carbocycles. The van der Waals surface area contributed by atoms with E-state index in [1.54, 1.807) is 0 Å². The van der Waals surface area contributed by atoms with Gasteiger partial charge in [0.25, 0.3) is 0 Å². The minimum absolute atomic E-state index is 0.0760. The van der Waals surface area contributed by atoms with Gasteiger partial charge in [0.1, 0.15) is 11.2 Å². The maximum atomic E-state index is 7.33. The number of rotatable bonds is 3. The number of hydrogen-bond donors (Lipinski definition) is 1. The van der Waals surface area contributed by atoms with Crippen LogP contribution in [0.3, 0.4) is 0 Å². The molecule has 0 spiro atoms. The average molecular weight is 799 g/mol. The monoisotopic (exact) mass is 798 g/mol. The molecule has 1 N–H and O–H groups in total. The lowest BCUT2D eigenvalue weighted by molar-refractivity contribution is 0.332. The fourth-order valence-electron chi connectivity index (χ4n) is 12.2. The van der Waals surface area contributed by atoms with E-state index in [2.05, 4.69) is 209 Å². The molecule has 3 nitrogen and oxygen atoms in total. The van der Waals surface area contributed by atoms with E-state index >= 15 is 0 Å². The Bertz CT molecular complexity index is 3320. The number of anilines is 4. The number of aryl methyl sites for hydroxylation is 1. The first-order chi connectivity index (χ1) is 30.1. The van der Waals surface area contributed by atoms with Gasteiger partial charge in [-0.2, -0.15) is 0 Å². The third kappa shape index (κ3) is 4.62. The van der Waals surface area contributed by atoms with Crippen LogP contribution in [0.2, 0.25) is 0 Å². The molecule has 4 heteroatoms. The maximum Gasteiger partial charge on any atom is 0.336 e. The quantitative estimate of drug-likeness (QED) is 0.181. The van der Waals surface area contributed by atoms with Crippen molar-refractivity contribution in [1.29, 1.82) is 0 Å². The highest BCUT2D eigenvalue weighted by Crippen LogP contribution is 2.60. The van der Waals surface area contributed by atoms with Gasteiger partial charge in [-0.05, 0) is 134 Å². The number of hydrogen-bond acceptors (Lipinski definition) is 3. The van der Waals surface area contributed by atoms with Crippen LogP contribution in [0.5, 0.6) is 0 Å². The van der Waals surface area contributed by atoms with Gasteiger partial charge in [0, 0.05) is 44.5 Å². The Hall–Kier alpha value is -6.78. The van der Waals surface area contributed by atoms with Gasteiger partial charge >= 0.3 is 6.85 Å². The third-order valence-electron chi connectivity index (χ3n) is 15.3. The number of nitrogens with one attached hydrogen (secondary N) is 1. The molecule has 9 aromatic rings. The Labute approximate surface area is 364 Å². The zero-order valence-corrected chi connectivity index (χ0v) is 35.9. The number of nitrogens with zero attached hydrogens (tertiary/aromatic N) is 1. The van der Waals surface area contributed by atoms with Crippen molar-refractivity contribution in [3.05, 3.63) is 203 Å². The normalized spacial score (nSPS) is 16.8. The molecule has 3 aliphatic heterocycles. The lowest BCUT2D eigenvalue weighted by atomic mass is 9.42. The molecule has 0 radical (unpaired) electrons. The highest BCUT2D eigenvalue weighted by atomic mass is 16.3. The lowest BCUT2D eigenvalue weighted by Crippen LogP contribution is -2.62. The molecule has 1 aliphatic carbocycles. The van der Waals surface area contributed by atoms with Gasteiger partial charge in [-0.1, -0.05) is 149 Å². The molecule has 0 saturated carbocycles. The second-order valence-electron chi connectivity index (χ2n) is 19.6. The molecule has 4 aliphatic rings. The minimum Gasteiger partial charge on any atom is -0.456 e. The van der Waals surface area contributed by atoms with E-state index in [-0.39, 0.29) is 17.7 Å². The van der Waals surface area contributed by atoms with Crippen LogP contribution in [0.15, 0.2) is 168 Å². The summed E-state index contributed by atoms with van der Waals surface area (Å²) in [7, 11) is 0. The first-order valence-electron chi connectivity index (χ1n) is 22.3. The highest BCUT2D eigenvalue weighted by molar-refractivity contribution is 6.95. The van der Waals surface area contributed by atoms with Crippen molar-refractivity contribution in [2.75, 3.05) is 10.1 Å². The topological polar surface area (TPSA) is 28.4 Å². The van der Waals surface area contributed by atoms with Crippen molar-refractivity contribution < 1.29 is 4.42 Å². The molecule has 0 amide bonds. The molecular weight excluding hydrogens is 751 g/mol. The predicted molar refractivity (Wildman–Crippen MR) is 260 cm³/mol. The van der Waals surface area contributed by atoms with Gasteiger partial charge in [-0.3, -0.25) is 0 Å². The number of benzene rings is 8. The van der Waals surface area contributed by atoms with Gasteiger partial charge in [-0.15, -0.1) is 0 Å². The summed E-state index contributed by atoms with van der Waals surface area (Å²) in [6, 6.07) is 61.7. The van der Waals surface area contributed by atoms with Gasteiger partial charge in [0.05, 0.1) is 5.41 Å². The Morgan fingerprint density at radius 3 is 1.92 bits per heavy atom. The summed E-state index contributed by atoms with van der Waals surface area (Å²) in [5.74, 6) is 0. The summed E-state index contributed by atoms with van der Waals surface area (Å²) in [5, 5.41) is 6.42. The highest BCUT2D eigenvalue weighted by Gasteiger charge is 2.53. The summed E-state index contributed by atoms with van der Waals surface area (Å²) in [6.45, 7) is 11.7. The SMILES string of the molecule is Cc1ccccc1-c1cc2c3c(c1)-c1cccc4c1N(B3c1c(ccc3c1oc1cc5c(cc13)C(C)(C)CCC5(C)C)N2)c1ccccc1C4(c1ccccc1)c1ccccc1. The predicted octanol–water partition coefficient (Wildman–Crippen LogP) is 13.6. The van der Waals surface area contributed by atoms with Crippen molar-refractivity contribution in [3.63, 3.8) is 0 Å². The van der Waals surface area contributed by atoms with E-state index in [4.69, 9.17) is 4.42 Å². The summed E-state index contributed by atoms with van der Waals surface area (Å²) < 4.78 is 7.33. The molecule has 0 saturated heterocycles. The summed E-state index contributed by atoms with van der Waals surface area (Å²) in [6.07, 6.45) is 2.33. The molecular formula is C58H47BN2O. The fraction of sp³-hybridized carbons (Fsp3) is 0.172. The first kappa shape index (κ1) is 35.9. The molecule has 298 valence electrons. The molecule has 4 heterocycles. The van der Waals surface area contributed by atoms with Crippen molar-refractivity contribution in [3.8, 4) is 22.3 Å². The minimum atomic E-state index is -0.575. The Balaban J connectivity index is 1.17. The van der Waals surface area contributed by atoms with E-state index in [0.29, 0.717) is 0 Å². The van der Waals surface area contributed by atoms with Crippen molar-refractivity contribution in [2.24, 2.45) is 0 Å². The van der Waals surface area contributed by atoms with Crippen LogP contribution < -0.4 is 21.1 Å². The largest absolute Gasteiger partial charge is 0.456 e. The summed E-state index contributed by atoms with van der Waals surface area (Å²) in [4.78, 5) is 2.69. The van der Waals surface area contributed by atoms with Crippen LogP contribution in [0, 0.1) is 6.92 Å². The maximum absolute atomic E-state index is 7.33. The van der Waals surface area contributed by atoms with Crippen LogP contribution in [-0.2, 0) is 16.2 Å². The smallest absolute Gasteiger partial charge is 0.336 e. The molecule has 1 aromatic heterocycles. The second kappa shape index (κ2) is 12.4. The van der Waals surface area contributed by atoms with Crippen LogP contribution in [0.25, 0.3) is 44.2 Å². The summed E-state index contributed by atoms with van der Waals surface area (Å²) >= 11 is 0. The van der Waals surface area contributed by atoms with E-state index in [0.717, 1.165) is 29.0 Å². The number of para-hydroxylation sites is 2. The van der Waals surface area contributed by atoms with Gasteiger partial charge in [-0.25, -0.2) is 0 Å². The average Bonchev–Trinajstić information content (AvgIpc) is 3.67. The molecule has 0 atom stereocenters. The van der Waals surface area contributed by atoms with Crippen molar-refractivity contribution in [2.45, 2.75) is 63.7 Å². The van der Waals surface area contributed by atoms with Crippen LogP contribution in [0.4, 0.5) is 22.7 Å². The third-order valence-corrected chi connectivity index (χ3v) is 15.3. The second-order valence-corrected chi connectivity index (χ2v) is 19.6. The lowest BCUT2D eigenvalue weighted by Gasteiger charge is -2.52. The fourth-order valence-corrected chi connectivity index (χ4v) is 12.2. The van der Waals surface area contributed by atoms with Gasteiger partial charge in [0.15, 0.2) is 0 Å². The Kier molecular flexibility index (Phi) is 7.20. The zero-order chi connectivity index (χ0) is 41.7. The first-order valence-corrected chi connectivity index (χ1v) is 22.3. The molecule has 0 unspecified atom stereocenters. The van der Waals surface area contributed by atoms with E-state index in [1.165, 1.54) is 101 Å². The summed E-state index contributed by atoms with van der Waals surface area (Å²) in [5.41, 5.74) is 22.9. The number of furan rings is 1.